The van der Waals surface area contributed by atoms with Gasteiger partial charge in [-0.25, -0.2) is 4.79 Å². The summed E-state index contributed by atoms with van der Waals surface area (Å²) in [7, 11) is 1.54. The number of alkyl carbamates (subject to hydrolysis) is 1. The van der Waals surface area contributed by atoms with Gasteiger partial charge in [-0.3, -0.25) is 0 Å². The molecule has 0 aromatic heterocycles. The van der Waals surface area contributed by atoms with Gasteiger partial charge in [0.05, 0.1) is 24.8 Å². The highest BCUT2D eigenvalue weighted by Crippen LogP contribution is 2.29. The van der Waals surface area contributed by atoms with E-state index in [-0.39, 0.29) is 11.7 Å². The summed E-state index contributed by atoms with van der Waals surface area (Å²) in [6.45, 7) is 6.96. The second-order valence-electron chi connectivity index (χ2n) is 7.19. The maximum Gasteiger partial charge on any atom is 0.407 e. The van der Waals surface area contributed by atoms with Crippen LogP contribution in [-0.2, 0) is 22.5 Å². The highest BCUT2D eigenvalue weighted by molar-refractivity contribution is 5.69. The second kappa shape index (κ2) is 9.20. The average Bonchev–Trinajstić information content (AvgIpc) is 2.67. The molecule has 0 unspecified atom stereocenters. The molecule has 2 aromatic carbocycles. The Labute approximate surface area is 160 Å². The molecule has 0 radical (unpaired) electrons. The normalized spacial score (nSPS) is 12.7. The first-order valence-corrected chi connectivity index (χ1v) is 8.94. The number of hydrogen-bond acceptors (Lipinski definition) is 4. The van der Waals surface area contributed by atoms with Crippen molar-refractivity contribution in [1.82, 2.24) is 5.32 Å². The van der Waals surface area contributed by atoms with Crippen molar-refractivity contribution >= 4 is 6.09 Å². The van der Waals surface area contributed by atoms with Gasteiger partial charge in [-0.2, -0.15) is 5.26 Å². The summed E-state index contributed by atoms with van der Waals surface area (Å²) in [5.74, 6) is 0. The molecule has 5 heteroatoms. The average molecular weight is 366 g/mol. The molecule has 0 saturated carbocycles. The van der Waals surface area contributed by atoms with Gasteiger partial charge in [-0.1, -0.05) is 30.3 Å². The number of nitriles is 1. The van der Waals surface area contributed by atoms with Crippen molar-refractivity contribution in [3.8, 4) is 17.2 Å². The maximum absolute atomic E-state index is 10.5. The monoisotopic (exact) mass is 366 g/mol. The zero-order chi connectivity index (χ0) is 19.9. The topological polar surface area (TPSA) is 71.3 Å². The third kappa shape index (κ3) is 6.12. The number of nitrogens with zero attached hydrogens (tertiary/aromatic N) is 1. The molecule has 27 heavy (non-hydrogen) atoms. The van der Waals surface area contributed by atoms with Gasteiger partial charge in [0.15, 0.2) is 0 Å². The third-order valence-electron chi connectivity index (χ3n) is 3.96. The van der Waals surface area contributed by atoms with Crippen LogP contribution in [0.15, 0.2) is 42.5 Å². The lowest BCUT2D eigenvalue weighted by atomic mass is 9.92. The Morgan fingerprint density at radius 3 is 2.44 bits per heavy atom. The third-order valence-corrected chi connectivity index (χ3v) is 3.96. The van der Waals surface area contributed by atoms with Crippen LogP contribution in [0.2, 0.25) is 0 Å². The van der Waals surface area contributed by atoms with Crippen LogP contribution < -0.4 is 5.32 Å². The molecule has 0 fully saturated rings. The van der Waals surface area contributed by atoms with E-state index in [0.29, 0.717) is 12.2 Å². The molecule has 1 N–H and O–H groups in total. The van der Waals surface area contributed by atoms with Gasteiger partial charge < -0.3 is 14.8 Å². The van der Waals surface area contributed by atoms with Crippen molar-refractivity contribution in [3.05, 3.63) is 59.2 Å². The summed E-state index contributed by atoms with van der Waals surface area (Å²) in [6.07, 6.45) is 0.577. The zero-order valence-corrected chi connectivity index (χ0v) is 16.3. The van der Waals surface area contributed by atoms with Crippen LogP contribution >= 0.6 is 0 Å². The second-order valence-corrected chi connectivity index (χ2v) is 7.19. The fourth-order valence-corrected chi connectivity index (χ4v) is 2.75. The molecule has 1 heterocycles. The van der Waals surface area contributed by atoms with Crippen LogP contribution in [0.5, 0.6) is 0 Å². The number of ether oxygens (including phenoxy) is 2. The van der Waals surface area contributed by atoms with E-state index in [2.05, 4.69) is 29.6 Å². The molecule has 0 aliphatic carbocycles. The number of rotatable bonds is 1. The Morgan fingerprint density at radius 2 is 1.89 bits per heavy atom. The minimum absolute atomic E-state index is 0.387. The van der Waals surface area contributed by atoms with E-state index in [0.717, 1.165) is 13.0 Å². The van der Waals surface area contributed by atoms with E-state index in [1.54, 1.807) is 0 Å². The first kappa shape index (κ1) is 20.5. The van der Waals surface area contributed by atoms with Crippen LogP contribution in [0, 0.1) is 11.3 Å². The van der Waals surface area contributed by atoms with Gasteiger partial charge in [0.1, 0.15) is 5.60 Å². The molecule has 0 saturated heterocycles. The van der Waals surface area contributed by atoms with Crippen molar-refractivity contribution in [1.29, 1.82) is 5.26 Å². The lowest BCUT2D eigenvalue weighted by Crippen LogP contribution is -2.30. The summed E-state index contributed by atoms with van der Waals surface area (Å²) in [4.78, 5) is 10.5. The summed E-state index contributed by atoms with van der Waals surface area (Å²) in [6, 6.07) is 16.3. The largest absolute Gasteiger partial charge is 0.444 e. The molecule has 0 atom stereocenters. The highest BCUT2D eigenvalue weighted by Gasteiger charge is 2.14. The van der Waals surface area contributed by atoms with Gasteiger partial charge in [0.2, 0.25) is 0 Å². The van der Waals surface area contributed by atoms with Gasteiger partial charge in [0, 0.05) is 7.05 Å². The van der Waals surface area contributed by atoms with Gasteiger partial charge in [-0.05, 0) is 61.6 Å². The fraction of sp³-hybridized carbons (Fsp3) is 0.364. The van der Waals surface area contributed by atoms with E-state index in [1.807, 2.05) is 45.0 Å². The van der Waals surface area contributed by atoms with Gasteiger partial charge in [-0.15, -0.1) is 0 Å². The van der Waals surface area contributed by atoms with E-state index >= 15 is 0 Å². The first-order valence-electron chi connectivity index (χ1n) is 8.94. The summed E-state index contributed by atoms with van der Waals surface area (Å²) < 4.78 is 10.3. The Bertz CT molecular complexity index is 815. The predicted octanol–water partition coefficient (Wildman–Crippen LogP) is 4.44. The Hall–Kier alpha value is -2.84. The van der Waals surface area contributed by atoms with Crippen molar-refractivity contribution in [3.63, 3.8) is 0 Å². The lowest BCUT2D eigenvalue weighted by molar-refractivity contribution is 0.0541. The van der Waals surface area contributed by atoms with Crippen LogP contribution in [-0.4, -0.2) is 25.3 Å². The summed E-state index contributed by atoms with van der Waals surface area (Å²) in [5.41, 5.74) is 5.41. The van der Waals surface area contributed by atoms with Crippen LogP contribution in [0.3, 0.4) is 0 Å². The van der Waals surface area contributed by atoms with Crippen LogP contribution in [0.1, 0.15) is 37.5 Å². The molecular formula is C22H26N2O3. The fourth-order valence-electron chi connectivity index (χ4n) is 2.75. The molecule has 5 nitrogen and oxygen atoms in total. The summed E-state index contributed by atoms with van der Waals surface area (Å²) >= 11 is 0. The number of carbonyl (C=O) groups is 1. The van der Waals surface area contributed by atoms with E-state index in [4.69, 9.17) is 14.7 Å². The highest BCUT2D eigenvalue weighted by atomic mass is 16.6. The van der Waals surface area contributed by atoms with E-state index < -0.39 is 0 Å². The molecule has 0 bridgehead atoms. The van der Waals surface area contributed by atoms with Crippen molar-refractivity contribution in [2.45, 2.75) is 39.4 Å². The van der Waals surface area contributed by atoms with E-state index in [9.17, 15) is 4.79 Å². The smallest absolute Gasteiger partial charge is 0.407 e. The van der Waals surface area contributed by atoms with Crippen LogP contribution in [0.4, 0.5) is 4.79 Å². The van der Waals surface area contributed by atoms with Crippen molar-refractivity contribution < 1.29 is 14.3 Å². The maximum atomic E-state index is 10.5. The van der Waals surface area contributed by atoms with Gasteiger partial charge in [0.25, 0.3) is 0 Å². The molecular weight excluding hydrogens is 340 g/mol. The zero-order valence-electron chi connectivity index (χ0n) is 16.3. The minimum Gasteiger partial charge on any atom is -0.444 e. The van der Waals surface area contributed by atoms with Gasteiger partial charge >= 0.3 is 6.09 Å². The number of fused-ring (bicyclic) bond motifs is 1. The minimum atomic E-state index is -0.389. The summed E-state index contributed by atoms with van der Waals surface area (Å²) in [5, 5.41) is 11.2. The Balaban J connectivity index is 0.000000249. The molecule has 1 amide bonds. The predicted molar refractivity (Wildman–Crippen MR) is 105 cm³/mol. The number of amides is 1. The molecule has 0 spiro atoms. The molecule has 2 aromatic rings. The van der Waals surface area contributed by atoms with E-state index in [1.165, 1.54) is 29.3 Å². The number of benzene rings is 2. The SMILES string of the molecule is CNC(=O)OC(C)(C)C.N#Cc1ccc(-c2cccc3c2CCOC3)cc1. The molecule has 142 valence electrons. The van der Waals surface area contributed by atoms with Crippen molar-refractivity contribution in [2.24, 2.45) is 0 Å². The molecule has 1 aliphatic heterocycles. The number of carbonyl (C=O) groups excluding carboxylic acids is 1. The van der Waals surface area contributed by atoms with Crippen molar-refractivity contribution in [2.75, 3.05) is 13.7 Å². The molecule has 1 aliphatic rings. The van der Waals surface area contributed by atoms with Crippen LogP contribution in [0.25, 0.3) is 11.1 Å². The lowest BCUT2D eigenvalue weighted by Gasteiger charge is -2.19. The standard InChI is InChI=1S/C16H13NO.C6H13NO2/c17-10-12-4-6-13(7-5-12)15-3-1-2-14-11-18-9-8-16(14)15;1-6(2,3)9-5(8)7-4/h1-7H,8-9,11H2;1-4H3,(H,7,8). The first-order chi connectivity index (χ1) is 12.8. The number of hydrogen-bond donors (Lipinski definition) is 1. The Kier molecular flexibility index (Phi) is 6.98. The molecule has 3 rings (SSSR count). The Morgan fingerprint density at radius 1 is 1.19 bits per heavy atom. The number of nitrogens with one attached hydrogen (secondary N) is 1. The quantitative estimate of drug-likeness (QED) is 0.810.